The van der Waals surface area contributed by atoms with Gasteiger partial charge in [0.25, 0.3) is 0 Å². The lowest BCUT2D eigenvalue weighted by molar-refractivity contribution is 0.426. The summed E-state index contributed by atoms with van der Waals surface area (Å²) in [4.78, 5) is 0. The lowest BCUT2D eigenvalue weighted by atomic mass is 9.80. The summed E-state index contributed by atoms with van der Waals surface area (Å²) < 4.78 is 0. The number of rotatable bonds is 1. The van der Waals surface area contributed by atoms with E-state index < -0.39 is 7.12 Å². The standard InChI is InChI=1S/C6H6BCl2NO2/c8-5-3(7(11)12)1-2-4(10)6(5)9/h1-2,11-12H,10H2. The van der Waals surface area contributed by atoms with E-state index in [0.717, 1.165) is 0 Å². The van der Waals surface area contributed by atoms with Gasteiger partial charge in [-0.2, -0.15) is 0 Å². The maximum absolute atomic E-state index is 8.79. The topological polar surface area (TPSA) is 66.5 Å². The fourth-order valence-electron chi connectivity index (χ4n) is 0.779. The molecule has 0 aliphatic rings. The van der Waals surface area contributed by atoms with Crippen LogP contribution in [0, 0.1) is 0 Å². The highest BCUT2D eigenvalue weighted by Gasteiger charge is 2.17. The molecule has 0 aromatic heterocycles. The molecule has 0 radical (unpaired) electrons. The number of nitrogens with two attached hydrogens (primary N) is 1. The molecule has 0 saturated carbocycles. The Balaban J connectivity index is 3.27. The summed E-state index contributed by atoms with van der Waals surface area (Å²) in [6.07, 6.45) is 0. The summed E-state index contributed by atoms with van der Waals surface area (Å²) in [6, 6.07) is 2.87. The number of hydrogen-bond donors (Lipinski definition) is 3. The molecule has 1 aromatic rings. The van der Waals surface area contributed by atoms with Crippen LogP contribution in [0.25, 0.3) is 0 Å². The van der Waals surface area contributed by atoms with Crippen LogP contribution in [0.1, 0.15) is 0 Å². The Hall–Kier alpha value is -0.415. The van der Waals surface area contributed by atoms with Crippen molar-refractivity contribution in [2.45, 2.75) is 0 Å². The summed E-state index contributed by atoms with van der Waals surface area (Å²) >= 11 is 11.3. The Morgan fingerprint density at radius 3 is 2.25 bits per heavy atom. The molecule has 0 aliphatic carbocycles. The monoisotopic (exact) mass is 205 g/mol. The first-order valence-corrected chi connectivity index (χ1v) is 3.89. The molecule has 0 amide bonds. The van der Waals surface area contributed by atoms with Gasteiger partial charge in [-0.05, 0) is 6.07 Å². The Kier molecular flexibility index (Phi) is 2.85. The first-order chi connectivity index (χ1) is 5.54. The van der Waals surface area contributed by atoms with Crippen molar-refractivity contribution < 1.29 is 10.0 Å². The molecular weight excluding hydrogens is 200 g/mol. The molecule has 0 spiro atoms. The van der Waals surface area contributed by atoms with E-state index in [4.69, 9.17) is 39.0 Å². The molecule has 3 nitrogen and oxygen atoms in total. The molecule has 6 heteroatoms. The van der Waals surface area contributed by atoms with Crippen LogP contribution in [-0.2, 0) is 0 Å². The third kappa shape index (κ3) is 1.67. The number of nitrogen functional groups attached to an aromatic ring is 1. The minimum Gasteiger partial charge on any atom is -0.423 e. The summed E-state index contributed by atoms with van der Waals surface area (Å²) in [5.74, 6) is 0. The first kappa shape index (κ1) is 9.67. The SMILES string of the molecule is Nc1ccc(B(O)O)c(Cl)c1Cl. The van der Waals surface area contributed by atoms with Crippen LogP contribution in [0.3, 0.4) is 0 Å². The number of hydrogen-bond acceptors (Lipinski definition) is 3. The second-order valence-electron chi connectivity index (χ2n) is 2.25. The van der Waals surface area contributed by atoms with Gasteiger partial charge in [0.15, 0.2) is 0 Å². The molecular formula is C6H6BCl2NO2. The fraction of sp³-hybridized carbons (Fsp3) is 0. The van der Waals surface area contributed by atoms with Gasteiger partial charge in [0.1, 0.15) is 0 Å². The van der Waals surface area contributed by atoms with Gasteiger partial charge in [0.05, 0.1) is 15.7 Å². The average molecular weight is 206 g/mol. The summed E-state index contributed by atoms with van der Waals surface area (Å²) in [5, 5.41) is 17.8. The van der Waals surface area contributed by atoms with E-state index in [1.807, 2.05) is 0 Å². The number of halogens is 2. The molecule has 12 heavy (non-hydrogen) atoms. The molecule has 0 atom stereocenters. The number of benzene rings is 1. The lowest BCUT2D eigenvalue weighted by Gasteiger charge is -2.05. The zero-order valence-electron chi connectivity index (χ0n) is 5.96. The quantitative estimate of drug-likeness (QED) is 0.455. The smallest absolute Gasteiger partial charge is 0.423 e. The predicted molar refractivity (Wildman–Crippen MR) is 50.7 cm³/mol. The molecule has 0 heterocycles. The lowest BCUT2D eigenvalue weighted by Crippen LogP contribution is -2.30. The van der Waals surface area contributed by atoms with E-state index in [9.17, 15) is 0 Å². The summed E-state index contributed by atoms with van der Waals surface area (Å²) in [7, 11) is -1.63. The van der Waals surface area contributed by atoms with Crippen molar-refractivity contribution in [2.75, 3.05) is 5.73 Å². The fourth-order valence-corrected chi connectivity index (χ4v) is 1.22. The zero-order chi connectivity index (χ0) is 9.30. The minimum atomic E-state index is -1.63. The van der Waals surface area contributed by atoms with Crippen molar-refractivity contribution in [3.63, 3.8) is 0 Å². The van der Waals surface area contributed by atoms with Gasteiger partial charge in [0, 0.05) is 5.46 Å². The van der Waals surface area contributed by atoms with Crippen molar-refractivity contribution in [3.8, 4) is 0 Å². The minimum absolute atomic E-state index is 0.0756. The molecule has 0 aliphatic heterocycles. The molecule has 4 N–H and O–H groups in total. The zero-order valence-corrected chi connectivity index (χ0v) is 7.47. The van der Waals surface area contributed by atoms with Gasteiger partial charge in [-0.1, -0.05) is 29.3 Å². The molecule has 0 saturated heterocycles. The van der Waals surface area contributed by atoms with Crippen LogP contribution >= 0.6 is 23.2 Å². The normalized spacial score (nSPS) is 10.0. The Morgan fingerprint density at radius 2 is 1.75 bits per heavy atom. The van der Waals surface area contributed by atoms with E-state index >= 15 is 0 Å². The molecule has 0 unspecified atom stereocenters. The molecule has 0 fully saturated rings. The average Bonchev–Trinajstić information content (AvgIpc) is 2.00. The van der Waals surface area contributed by atoms with Gasteiger partial charge in [0.2, 0.25) is 0 Å². The van der Waals surface area contributed by atoms with E-state index in [1.54, 1.807) is 0 Å². The van der Waals surface area contributed by atoms with E-state index in [1.165, 1.54) is 12.1 Å². The van der Waals surface area contributed by atoms with Crippen molar-refractivity contribution in [3.05, 3.63) is 22.2 Å². The van der Waals surface area contributed by atoms with E-state index in [2.05, 4.69) is 0 Å². The van der Waals surface area contributed by atoms with Gasteiger partial charge in [-0.3, -0.25) is 0 Å². The highest BCUT2D eigenvalue weighted by molar-refractivity contribution is 6.64. The Labute approximate surface area is 79.9 Å². The van der Waals surface area contributed by atoms with Gasteiger partial charge >= 0.3 is 7.12 Å². The third-order valence-corrected chi connectivity index (χ3v) is 2.33. The van der Waals surface area contributed by atoms with Crippen molar-refractivity contribution in [1.82, 2.24) is 0 Å². The Bertz CT molecular complexity index is 306. The van der Waals surface area contributed by atoms with Crippen LogP contribution in [0.4, 0.5) is 5.69 Å². The molecule has 64 valence electrons. The van der Waals surface area contributed by atoms with Crippen LogP contribution in [0.2, 0.25) is 10.0 Å². The largest absolute Gasteiger partial charge is 0.490 e. The van der Waals surface area contributed by atoms with Gasteiger partial charge in [-0.25, -0.2) is 0 Å². The van der Waals surface area contributed by atoms with Gasteiger partial charge < -0.3 is 15.8 Å². The third-order valence-electron chi connectivity index (χ3n) is 1.42. The number of anilines is 1. The molecule has 1 aromatic carbocycles. The van der Waals surface area contributed by atoms with Crippen molar-refractivity contribution in [1.29, 1.82) is 0 Å². The highest BCUT2D eigenvalue weighted by Crippen LogP contribution is 2.25. The van der Waals surface area contributed by atoms with E-state index in [0.29, 0.717) is 5.69 Å². The highest BCUT2D eigenvalue weighted by atomic mass is 35.5. The second-order valence-corrected chi connectivity index (χ2v) is 3.00. The Morgan fingerprint density at radius 1 is 1.17 bits per heavy atom. The van der Waals surface area contributed by atoms with Gasteiger partial charge in [-0.15, -0.1) is 0 Å². The molecule has 1 rings (SSSR count). The summed E-state index contributed by atoms with van der Waals surface area (Å²) in [5.41, 5.74) is 5.87. The van der Waals surface area contributed by atoms with E-state index in [-0.39, 0.29) is 15.5 Å². The molecule has 0 bridgehead atoms. The maximum Gasteiger partial charge on any atom is 0.490 e. The van der Waals surface area contributed by atoms with Crippen LogP contribution in [-0.4, -0.2) is 17.2 Å². The summed E-state index contributed by atoms with van der Waals surface area (Å²) in [6.45, 7) is 0. The van der Waals surface area contributed by atoms with Crippen LogP contribution < -0.4 is 11.2 Å². The van der Waals surface area contributed by atoms with Crippen molar-refractivity contribution in [2.24, 2.45) is 0 Å². The maximum atomic E-state index is 8.79. The van der Waals surface area contributed by atoms with Crippen LogP contribution in [0.15, 0.2) is 12.1 Å². The first-order valence-electron chi connectivity index (χ1n) is 3.13. The second kappa shape index (κ2) is 3.54. The van der Waals surface area contributed by atoms with Crippen molar-refractivity contribution >= 4 is 41.5 Å². The predicted octanol–water partition coefficient (Wildman–Crippen LogP) is 0.255. The van der Waals surface area contributed by atoms with Crippen LogP contribution in [0.5, 0.6) is 0 Å².